The van der Waals surface area contributed by atoms with Crippen molar-refractivity contribution >= 4 is 32.7 Å². The summed E-state index contributed by atoms with van der Waals surface area (Å²) in [6, 6.07) is 19.3. The molecule has 0 saturated heterocycles. The normalized spacial score (nSPS) is 13.0. The van der Waals surface area contributed by atoms with E-state index in [0.29, 0.717) is 26.2 Å². The molecule has 0 radical (unpaired) electrons. The molecule has 0 fully saturated rings. The van der Waals surface area contributed by atoms with Crippen LogP contribution >= 0.6 is 7.82 Å². The molecule has 3 atom stereocenters. The van der Waals surface area contributed by atoms with Gasteiger partial charge in [0.15, 0.2) is 6.10 Å². The minimum atomic E-state index is -4.28. The molecular formula is C29H37Cs2N2O12P. The van der Waals surface area contributed by atoms with Gasteiger partial charge in [0, 0.05) is 33.3 Å². The summed E-state index contributed by atoms with van der Waals surface area (Å²) in [5.74, 6) is -1.18. The Kier molecular flexibility index (Phi) is 29.5. The zero-order chi connectivity index (χ0) is 31.9. The zero-order valence-electron chi connectivity index (χ0n) is 26.3. The molecule has 17 heteroatoms. The zero-order valence-corrected chi connectivity index (χ0v) is 39.8. The fraction of sp³-hybridized carbons (Fsp3) is 0.448. The van der Waals surface area contributed by atoms with Gasteiger partial charge in [-0.15, -0.1) is 0 Å². The summed E-state index contributed by atoms with van der Waals surface area (Å²) in [5, 5.41) is 6.27. The van der Waals surface area contributed by atoms with Crippen molar-refractivity contribution in [3.05, 3.63) is 71.8 Å². The second kappa shape index (κ2) is 29.2. The van der Waals surface area contributed by atoms with Crippen molar-refractivity contribution in [3.63, 3.8) is 0 Å². The largest absolute Gasteiger partial charge is 1.00 e. The summed E-state index contributed by atoms with van der Waals surface area (Å²) in [4.78, 5) is 45.7. The third-order valence-electron chi connectivity index (χ3n) is 5.69. The molecule has 0 aliphatic carbocycles. The smallest absolute Gasteiger partial charge is 0.650 e. The van der Waals surface area contributed by atoms with Gasteiger partial charge in [-0.05, 0) is 11.1 Å². The van der Waals surface area contributed by atoms with Crippen molar-refractivity contribution in [2.24, 2.45) is 0 Å². The molecule has 2 N–H and O–H groups in total. The Morgan fingerprint density at radius 2 is 1.26 bits per heavy atom. The van der Waals surface area contributed by atoms with Gasteiger partial charge in [-0.1, -0.05) is 73.6 Å². The van der Waals surface area contributed by atoms with E-state index in [0.717, 1.165) is 31.2 Å². The van der Waals surface area contributed by atoms with Crippen LogP contribution in [0.4, 0.5) is 0 Å². The third kappa shape index (κ3) is 22.2. The van der Waals surface area contributed by atoms with Crippen LogP contribution in [0.2, 0.25) is 0 Å². The van der Waals surface area contributed by atoms with Crippen LogP contribution in [0.3, 0.4) is 0 Å². The predicted octanol–water partition coefficient (Wildman–Crippen LogP) is -3.87. The molecule has 0 saturated carbocycles. The average Bonchev–Trinajstić information content (AvgIpc) is 3.05. The van der Waals surface area contributed by atoms with Crippen LogP contribution in [0.5, 0.6) is 0 Å². The molecule has 0 spiro atoms. The number of phosphoric acid groups is 1. The van der Waals surface area contributed by atoms with Gasteiger partial charge in [-0.3, -0.25) is 23.2 Å². The SMILES string of the molecule is COP(=O)(OCC(CO[C-]=O)O[C-]=O)OCC(COC(=O)CCNCc1ccccc1)OC(=O)CCNCc1ccccc1.[Cs+].[Cs+]. The van der Waals surface area contributed by atoms with Crippen LogP contribution in [0.25, 0.3) is 0 Å². The first kappa shape index (κ1) is 46.5. The second-order valence-electron chi connectivity index (χ2n) is 9.06. The molecule has 2 aromatic rings. The Bertz CT molecular complexity index is 1170. The van der Waals surface area contributed by atoms with Gasteiger partial charge in [0.25, 0.3) is 0 Å². The maximum Gasteiger partial charge on any atom is 1.00 e. The number of rotatable bonds is 25. The molecule has 0 bridgehead atoms. The monoisotopic (exact) mass is 902 g/mol. The summed E-state index contributed by atoms with van der Waals surface area (Å²) in [6.07, 6.45) is -2.29. The molecule has 0 heterocycles. The molecule has 242 valence electrons. The summed E-state index contributed by atoms with van der Waals surface area (Å²) < 4.78 is 47.8. The van der Waals surface area contributed by atoms with Crippen molar-refractivity contribution in [2.75, 3.05) is 46.6 Å². The van der Waals surface area contributed by atoms with Crippen LogP contribution in [0.15, 0.2) is 60.7 Å². The quantitative estimate of drug-likeness (QED) is 0.0326. The summed E-state index contributed by atoms with van der Waals surface area (Å²) in [6.45, 7) is 2.17. The molecule has 0 aromatic heterocycles. The predicted molar refractivity (Wildman–Crippen MR) is 155 cm³/mol. The van der Waals surface area contributed by atoms with E-state index in [1.807, 2.05) is 60.7 Å². The van der Waals surface area contributed by atoms with Crippen LogP contribution < -0.4 is 148 Å². The van der Waals surface area contributed by atoms with Crippen molar-refractivity contribution in [2.45, 2.75) is 38.1 Å². The van der Waals surface area contributed by atoms with Gasteiger partial charge < -0.3 is 39.2 Å². The first-order valence-corrected chi connectivity index (χ1v) is 15.1. The van der Waals surface area contributed by atoms with Crippen LogP contribution in [0.1, 0.15) is 24.0 Å². The summed E-state index contributed by atoms with van der Waals surface area (Å²) in [7, 11) is -3.24. The van der Waals surface area contributed by atoms with Crippen molar-refractivity contribution in [1.82, 2.24) is 10.6 Å². The van der Waals surface area contributed by atoms with Crippen molar-refractivity contribution in [1.29, 1.82) is 0 Å². The molecule has 14 nitrogen and oxygen atoms in total. The van der Waals surface area contributed by atoms with E-state index in [4.69, 9.17) is 23.0 Å². The Morgan fingerprint density at radius 3 is 1.76 bits per heavy atom. The van der Waals surface area contributed by atoms with Gasteiger partial charge in [0.1, 0.15) is 12.7 Å². The molecular weight excluding hydrogens is 865 g/mol. The van der Waals surface area contributed by atoms with Gasteiger partial charge >= 0.3 is 158 Å². The van der Waals surface area contributed by atoms with Gasteiger partial charge in [0.05, 0.1) is 32.7 Å². The Hall–Kier alpha value is 0.454. The van der Waals surface area contributed by atoms with E-state index >= 15 is 0 Å². The summed E-state index contributed by atoms with van der Waals surface area (Å²) >= 11 is 0. The number of hydrogen-bond acceptors (Lipinski definition) is 14. The summed E-state index contributed by atoms with van der Waals surface area (Å²) in [5.41, 5.74) is 2.10. The number of esters is 2. The van der Waals surface area contributed by atoms with E-state index in [1.165, 1.54) is 0 Å². The molecule has 0 amide bonds. The number of carbonyl (C=O) groups is 2. The molecule has 3 unspecified atom stereocenters. The Labute approximate surface area is 386 Å². The Morgan fingerprint density at radius 1 is 0.739 bits per heavy atom. The molecule has 2 rings (SSSR count). The van der Waals surface area contributed by atoms with E-state index in [9.17, 15) is 23.7 Å². The standard InChI is InChI=1S/C29H37N2O12P.2Cs/c1-37-44(36,41-20-26(40-23-33)18-38-22-32)42-21-27(43-29(35)13-15-31-17-25-10-6-3-7-11-25)19-39-28(34)12-14-30-16-24-8-4-2-5-9-24;;/h2-11,26-27,30-31H,12-21H2,1H3;;/q-2;2*+1. The second-order valence-corrected chi connectivity index (χ2v) is 10.8. The fourth-order valence-corrected chi connectivity index (χ4v) is 4.44. The first-order chi connectivity index (χ1) is 21.4. The third-order valence-corrected chi connectivity index (χ3v) is 7.07. The van der Waals surface area contributed by atoms with Gasteiger partial charge in [-0.25, -0.2) is 4.57 Å². The van der Waals surface area contributed by atoms with E-state index in [-0.39, 0.29) is 157 Å². The molecule has 46 heavy (non-hydrogen) atoms. The topological polar surface area (TPSA) is 174 Å². The number of phosphoric ester groups is 1. The van der Waals surface area contributed by atoms with E-state index in [2.05, 4.69) is 20.1 Å². The fourth-order valence-electron chi connectivity index (χ4n) is 3.46. The van der Waals surface area contributed by atoms with Crippen LogP contribution in [0, 0.1) is 0 Å². The minimum Gasteiger partial charge on any atom is -0.650 e. The average molecular weight is 902 g/mol. The van der Waals surface area contributed by atoms with Gasteiger partial charge in [0.2, 0.25) is 0 Å². The van der Waals surface area contributed by atoms with Crippen LogP contribution in [-0.2, 0) is 69.4 Å². The van der Waals surface area contributed by atoms with E-state index < -0.39 is 51.8 Å². The number of nitrogens with one attached hydrogen (secondary N) is 2. The first-order valence-electron chi connectivity index (χ1n) is 13.7. The van der Waals surface area contributed by atoms with Gasteiger partial charge in [-0.2, -0.15) is 0 Å². The number of hydrogen-bond donors (Lipinski definition) is 2. The number of ether oxygens (including phenoxy) is 4. The maximum atomic E-state index is 12.9. The number of carbonyl (C=O) groups excluding carboxylic acids is 4. The molecule has 2 aromatic carbocycles. The molecule has 0 aliphatic heterocycles. The van der Waals surface area contributed by atoms with Crippen molar-refractivity contribution < 1.29 is 194 Å². The van der Waals surface area contributed by atoms with E-state index in [1.54, 1.807) is 0 Å². The molecule has 0 aliphatic rings. The van der Waals surface area contributed by atoms with Crippen molar-refractivity contribution in [3.8, 4) is 0 Å². The number of benzene rings is 2. The van der Waals surface area contributed by atoms with Crippen LogP contribution in [-0.4, -0.2) is 83.7 Å². The maximum absolute atomic E-state index is 12.9. The minimum absolute atomic E-state index is 0. The Balaban J connectivity index is 0.0000101.